The lowest BCUT2D eigenvalue weighted by Crippen LogP contribution is -1.84. The zero-order valence-electron chi connectivity index (χ0n) is 9.16. The molecule has 0 aliphatic rings. The van der Waals surface area contributed by atoms with Crippen LogP contribution in [0, 0.1) is 0 Å². The monoisotopic (exact) mass is 266 g/mol. The quantitative estimate of drug-likeness (QED) is 0.875. The number of aromatic amines is 1. The van der Waals surface area contributed by atoms with Gasteiger partial charge >= 0.3 is 0 Å². The molecule has 0 atom stereocenters. The fourth-order valence-electron chi connectivity index (χ4n) is 1.53. The number of benzene rings is 1. The number of H-pyrrole nitrogens is 1. The number of imidazole rings is 1. The Bertz CT molecular complexity index is 504. The molecule has 0 saturated carbocycles. The minimum absolute atomic E-state index is 0.673. The van der Waals surface area contributed by atoms with Crippen LogP contribution in [-0.2, 0) is 6.42 Å². The number of aromatic nitrogens is 2. The summed E-state index contributed by atoms with van der Waals surface area (Å²) < 4.78 is 0. The molecule has 4 heteroatoms. The summed E-state index contributed by atoms with van der Waals surface area (Å²) in [4.78, 5) is 6.95. The van der Waals surface area contributed by atoms with E-state index < -0.39 is 0 Å². The molecular weight excluding hydrogens is 255 g/mol. The molecule has 17 heavy (non-hydrogen) atoms. The highest BCUT2D eigenvalue weighted by atomic mass is 35.5. The fraction of sp³-hybridized carbons (Fsp3) is 0.154. The smallest absolute Gasteiger partial charge is 0.0924 e. The molecule has 0 radical (unpaired) electrons. The van der Waals surface area contributed by atoms with Crippen LogP contribution < -0.4 is 0 Å². The molecule has 0 aliphatic carbocycles. The highest BCUT2D eigenvalue weighted by molar-refractivity contribution is 6.35. The SMILES string of the molecule is Clc1ccc(CC/C=C/c2cnc[nH]2)c(Cl)c1. The maximum absolute atomic E-state index is 6.08. The van der Waals surface area contributed by atoms with Crippen LogP contribution in [0.3, 0.4) is 0 Å². The Morgan fingerprint density at radius 3 is 2.88 bits per heavy atom. The van der Waals surface area contributed by atoms with Crippen molar-refractivity contribution in [3.63, 3.8) is 0 Å². The Hall–Kier alpha value is -1.25. The minimum Gasteiger partial charge on any atom is -0.345 e. The van der Waals surface area contributed by atoms with Gasteiger partial charge in [-0.3, -0.25) is 0 Å². The second kappa shape index (κ2) is 5.89. The lowest BCUT2D eigenvalue weighted by molar-refractivity contribution is 1.01. The van der Waals surface area contributed by atoms with Crippen LogP contribution >= 0.6 is 23.2 Å². The van der Waals surface area contributed by atoms with Gasteiger partial charge in [-0.2, -0.15) is 0 Å². The zero-order chi connectivity index (χ0) is 12.1. The van der Waals surface area contributed by atoms with E-state index in [9.17, 15) is 0 Å². The number of hydrogen-bond acceptors (Lipinski definition) is 1. The summed E-state index contributed by atoms with van der Waals surface area (Å²) in [5, 5.41) is 1.40. The van der Waals surface area contributed by atoms with Gasteiger partial charge in [-0.25, -0.2) is 4.98 Å². The summed E-state index contributed by atoms with van der Waals surface area (Å²) in [6.07, 6.45) is 9.39. The normalized spacial score (nSPS) is 11.2. The molecule has 0 amide bonds. The molecule has 1 aromatic heterocycles. The van der Waals surface area contributed by atoms with Crippen LogP contribution in [0.15, 0.2) is 36.8 Å². The Morgan fingerprint density at radius 1 is 1.29 bits per heavy atom. The molecule has 2 nitrogen and oxygen atoms in total. The van der Waals surface area contributed by atoms with Crippen molar-refractivity contribution in [3.8, 4) is 0 Å². The summed E-state index contributed by atoms with van der Waals surface area (Å²) >= 11 is 11.9. The van der Waals surface area contributed by atoms with Gasteiger partial charge in [0.1, 0.15) is 0 Å². The van der Waals surface area contributed by atoms with Crippen LogP contribution in [0.2, 0.25) is 10.0 Å². The van der Waals surface area contributed by atoms with Crippen molar-refractivity contribution in [1.82, 2.24) is 9.97 Å². The first kappa shape index (κ1) is 12.2. The van der Waals surface area contributed by atoms with E-state index in [1.807, 2.05) is 18.2 Å². The predicted molar refractivity (Wildman–Crippen MR) is 72.4 cm³/mol. The Labute approximate surface area is 110 Å². The highest BCUT2D eigenvalue weighted by Crippen LogP contribution is 2.22. The Kier molecular flexibility index (Phi) is 4.24. The molecule has 1 aromatic carbocycles. The second-order valence-electron chi connectivity index (χ2n) is 3.68. The number of allylic oxidation sites excluding steroid dienone is 1. The van der Waals surface area contributed by atoms with E-state index in [0.717, 1.165) is 29.1 Å². The maximum Gasteiger partial charge on any atom is 0.0924 e. The second-order valence-corrected chi connectivity index (χ2v) is 4.53. The highest BCUT2D eigenvalue weighted by Gasteiger charge is 1.99. The summed E-state index contributed by atoms with van der Waals surface area (Å²) in [5.74, 6) is 0. The molecule has 2 rings (SSSR count). The average molecular weight is 267 g/mol. The number of aryl methyl sites for hydroxylation is 1. The molecule has 88 valence electrons. The van der Waals surface area contributed by atoms with Crippen LogP contribution in [0.1, 0.15) is 17.7 Å². The van der Waals surface area contributed by atoms with E-state index in [4.69, 9.17) is 23.2 Å². The van der Waals surface area contributed by atoms with Gasteiger partial charge in [0.05, 0.1) is 18.2 Å². The minimum atomic E-state index is 0.673. The van der Waals surface area contributed by atoms with Gasteiger partial charge in [-0.15, -0.1) is 0 Å². The van der Waals surface area contributed by atoms with Crippen molar-refractivity contribution in [3.05, 3.63) is 58.1 Å². The van der Waals surface area contributed by atoms with Crippen molar-refractivity contribution < 1.29 is 0 Å². The van der Waals surface area contributed by atoms with Crippen molar-refractivity contribution in [2.75, 3.05) is 0 Å². The van der Waals surface area contributed by atoms with Crippen molar-refractivity contribution in [2.45, 2.75) is 12.8 Å². The van der Waals surface area contributed by atoms with Crippen LogP contribution in [0.4, 0.5) is 0 Å². The Morgan fingerprint density at radius 2 is 2.18 bits per heavy atom. The van der Waals surface area contributed by atoms with E-state index in [0.29, 0.717) is 5.02 Å². The third-order valence-corrected chi connectivity index (χ3v) is 3.00. The number of hydrogen-bond donors (Lipinski definition) is 1. The first-order chi connectivity index (χ1) is 8.25. The van der Waals surface area contributed by atoms with Crippen molar-refractivity contribution in [1.29, 1.82) is 0 Å². The zero-order valence-corrected chi connectivity index (χ0v) is 10.7. The van der Waals surface area contributed by atoms with Gasteiger partial charge < -0.3 is 4.98 Å². The van der Waals surface area contributed by atoms with Crippen LogP contribution in [-0.4, -0.2) is 9.97 Å². The third-order valence-electron chi connectivity index (χ3n) is 2.41. The lowest BCUT2D eigenvalue weighted by Gasteiger charge is -2.02. The predicted octanol–water partition coefficient (Wildman–Crippen LogP) is 4.36. The topological polar surface area (TPSA) is 28.7 Å². The molecule has 0 saturated heterocycles. The molecule has 0 bridgehead atoms. The molecular formula is C13H12Cl2N2. The summed E-state index contributed by atoms with van der Waals surface area (Å²) in [6, 6.07) is 5.60. The standard InChI is InChI=1S/C13H12Cl2N2/c14-11-6-5-10(13(15)7-11)3-1-2-4-12-8-16-9-17-12/h2,4-9H,1,3H2,(H,16,17)/b4-2+. The summed E-state index contributed by atoms with van der Waals surface area (Å²) in [6.45, 7) is 0. The lowest BCUT2D eigenvalue weighted by atomic mass is 10.1. The molecule has 0 aliphatic heterocycles. The van der Waals surface area contributed by atoms with E-state index >= 15 is 0 Å². The summed E-state index contributed by atoms with van der Waals surface area (Å²) in [5.41, 5.74) is 2.12. The molecule has 0 spiro atoms. The number of halogens is 2. The first-order valence-corrected chi connectivity index (χ1v) is 6.10. The van der Waals surface area contributed by atoms with Gasteiger partial charge in [0.2, 0.25) is 0 Å². The number of rotatable bonds is 4. The van der Waals surface area contributed by atoms with Crippen LogP contribution in [0.25, 0.3) is 6.08 Å². The molecule has 0 fully saturated rings. The van der Waals surface area contributed by atoms with E-state index in [-0.39, 0.29) is 0 Å². The van der Waals surface area contributed by atoms with Gasteiger partial charge in [0.15, 0.2) is 0 Å². The molecule has 1 N–H and O–H groups in total. The van der Waals surface area contributed by atoms with E-state index in [2.05, 4.69) is 16.0 Å². The third kappa shape index (κ3) is 3.62. The molecule has 1 heterocycles. The average Bonchev–Trinajstić information content (AvgIpc) is 2.79. The largest absolute Gasteiger partial charge is 0.345 e. The molecule has 2 aromatic rings. The van der Waals surface area contributed by atoms with E-state index in [1.54, 1.807) is 18.6 Å². The Balaban J connectivity index is 1.90. The van der Waals surface area contributed by atoms with Crippen molar-refractivity contribution >= 4 is 29.3 Å². The van der Waals surface area contributed by atoms with E-state index in [1.165, 1.54) is 0 Å². The number of nitrogens with zero attached hydrogens (tertiary/aromatic N) is 1. The molecule has 0 unspecified atom stereocenters. The van der Waals surface area contributed by atoms with Crippen LogP contribution in [0.5, 0.6) is 0 Å². The van der Waals surface area contributed by atoms with Crippen molar-refractivity contribution in [2.24, 2.45) is 0 Å². The van der Waals surface area contributed by atoms with Gasteiger partial charge in [-0.1, -0.05) is 35.3 Å². The number of nitrogens with one attached hydrogen (secondary N) is 1. The van der Waals surface area contributed by atoms with Gasteiger partial charge in [0.25, 0.3) is 0 Å². The summed E-state index contributed by atoms with van der Waals surface area (Å²) in [7, 11) is 0. The van der Waals surface area contributed by atoms with Gasteiger partial charge in [-0.05, 0) is 36.6 Å². The first-order valence-electron chi connectivity index (χ1n) is 5.34. The fourth-order valence-corrected chi connectivity index (χ4v) is 2.03. The maximum atomic E-state index is 6.08. The van der Waals surface area contributed by atoms with Gasteiger partial charge in [0, 0.05) is 10.0 Å².